The predicted octanol–water partition coefficient (Wildman–Crippen LogP) is 2.34. The lowest BCUT2D eigenvalue weighted by molar-refractivity contribution is -0.140. The highest BCUT2D eigenvalue weighted by Gasteiger charge is 2.30. The normalized spacial score (nSPS) is 14.4. The average molecular weight is 345 g/mol. The molecule has 7 heteroatoms. The molecule has 132 valence electrons. The first-order chi connectivity index (χ1) is 11.9. The van der Waals surface area contributed by atoms with Gasteiger partial charge in [0, 0.05) is 11.3 Å². The van der Waals surface area contributed by atoms with Crippen LogP contribution < -0.4 is 5.32 Å². The third-order valence-electron chi connectivity index (χ3n) is 4.44. The van der Waals surface area contributed by atoms with Gasteiger partial charge in [-0.25, -0.2) is 13.9 Å². The Morgan fingerprint density at radius 3 is 2.52 bits per heavy atom. The van der Waals surface area contributed by atoms with Gasteiger partial charge in [-0.1, -0.05) is 13.8 Å². The summed E-state index contributed by atoms with van der Waals surface area (Å²) in [6, 6.07) is 4.93. The van der Waals surface area contributed by atoms with E-state index in [-0.39, 0.29) is 17.4 Å². The van der Waals surface area contributed by atoms with E-state index in [1.807, 2.05) is 0 Å². The van der Waals surface area contributed by atoms with Gasteiger partial charge in [0.15, 0.2) is 5.69 Å². The Bertz CT molecular complexity index is 812. The van der Waals surface area contributed by atoms with Gasteiger partial charge in [-0.15, -0.1) is 0 Å². The van der Waals surface area contributed by atoms with Crippen molar-refractivity contribution in [2.45, 2.75) is 39.2 Å². The molecule has 0 saturated heterocycles. The number of halogens is 1. The van der Waals surface area contributed by atoms with Crippen molar-refractivity contribution in [3.8, 4) is 5.69 Å². The quantitative estimate of drug-likeness (QED) is 0.871. The molecule has 1 aromatic carbocycles. The molecule has 0 radical (unpaired) electrons. The fraction of sp³-hybridized carbons (Fsp3) is 0.389. The van der Waals surface area contributed by atoms with E-state index < -0.39 is 17.9 Å². The molecule has 6 nitrogen and oxygen atoms in total. The fourth-order valence-corrected chi connectivity index (χ4v) is 3.14. The molecule has 25 heavy (non-hydrogen) atoms. The van der Waals surface area contributed by atoms with Crippen molar-refractivity contribution in [3.63, 3.8) is 0 Å². The van der Waals surface area contributed by atoms with Crippen LogP contribution in [0.15, 0.2) is 24.3 Å². The Labute approximate surface area is 144 Å². The van der Waals surface area contributed by atoms with Crippen molar-refractivity contribution in [1.82, 2.24) is 15.1 Å². The monoisotopic (exact) mass is 345 g/mol. The lowest BCUT2D eigenvalue weighted by atomic mass is 10.0. The number of carboxylic acids is 1. The molecule has 0 unspecified atom stereocenters. The van der Waals surface area contributed by atoms with Gasteiger partial charge in [-0.05, 0) is 49.4 Å². The number of nitrogens with one attached hydrogen (secondary N) is 1. The number of carbonyl (C=O) groups is 2. The van der Waals surface area contributed by atoms with E-state index in [2.05, 4.69) is 10.4 Å². The molecule has 2 N–H and O–H groups in total. The van der Waals surface area contributed by atoms with E-state index in [1.54, 1.807) is 30.7 Å². The summed E-state index contributed by atoms with van der Waals surface area (Å²) in [5, 5.41) is 16.2. The van der Waals surface area contributed by atoms with Gasteiger partial charge < -0.3 is 10.4 Å². The van der Waals surface area contributed by atoms with E-state index >= 15 is 0 Å². The molecule has 0 aliphatic heterocycles. The Morgan fingerprint density at radius 1 is 1.24 bits per heavy atom. The molecular formula is C18H20FN3O3. The predicted molar refractivity (Wildman–Crippen MR) is 89.3 cm³/mol. The van der Waals surface area contributed by atoms with Crippen LogP contribution >= 0.6 is 0 Å². The molecule has 0 saturated carbocycles. The molecule has 0 spiro atoms. The van der Waals surface area contributed by atoms with Gasteiger partial charge in [0.05, 0.1) is 5.69 Å². The topological polar surface area (TPSA) is 84.2 Å². The molecule has 1 aromatic heterocycles. The van der Waals surface area contributed by atoms with Crippen molar-refractivity contribution < 1.29 is 19.1 Å². The zero-order chi connectivity index (χ0) is 18.1. The molecule has 0 bridgehead atoms. The van der Waals surface area contributed by atoms with Crippen molar-refractivity contribution in [2.75, 3.05) is 0 Å². The van der Waals surface area contributed by atoms with Crippen molar-refractivity contribution in [3.05, 3.63) is 47.0 Å². The maximum atomic E-state index is 13.2. The van der Waals surface area contributed by atoms with Gasteiger partial charge >= 0.3 is 5.97 Å². The molecule has 2 aromatic rings. The summed E-state index contributed by atoms with van der Waals surface area (Å²) < 4.78 is 14.8. The van der Waals surface area contributed by atoms with Crippen LogP contribution in [0.2, 0.25) is 0 Å². The van der Waals surface area contributed by atoms with E-state index in [4.69, 9.17) is 0 Å². The first-order valence-electron chi connectivity index (χ1n) is 8.29. The number of carbonyl (C=O) groups excluding carboxylic acids is 1. The lowest BCUT2D eigenvalue weighted by Crippen LogP contribution is -2.44. The molecule has 0 fully saturated rings. The Balaban J connectivity index is 1.95. The second kappa shape index (κ2) is 6.66. The summed E-state index contributed by atoms with van der Waals surface area (Å²) >= 11 is 0. The van der Waals surface area contributed by atoms with Crippen molar-refractivity contribution in [2.24, 2.45) is 5.92 Å². The van der Waals surface area contributed by atoms with Gasteiger partial charge in [-0.3, -0.25) is 4.79 Å². The second-order valence-corrected chi connectivity index (χ2v) is 6.55. The fourth-order valence-electron chi connectivity index (χ4n) is 3.14. The molecule has 1 heterocycles. The van der Waals surface area contributed by atoms with Crippen LogP contribution in [0.4, 0.5) is 4.39 Å². The second-order valence-electron chi connectivity index (χ2n) is 6.55. The number of carboxylic acid groups (broad SMARTS) is 1. The molecule has 1 aliphatic rings. The lowest BCUT2D eigenvalue weighted by Gasteiger charge is -2.17. The van der Waals surface area contributed by atoms with Crippen LogP contribution in [-0.2, 0) is 17.6 Å². The minimum absolute atomic E-state index is 0.242. The Morgan fingerprint density at radius 2 is 1.92 bits per heavy atom. The smallest absolute Gasteiger partial charge is 0.326 e. The van der Waals surface area contributed by atoms with Crippen LogP contribution in [-0.4, -0.2) is 32.8 Å². The van der Waals surface area contributed by atoms with Crippen molar-refractivity contribution >= 4 is 11.9 Å². The number of rotatable bonds is 5. The summed E-state index contributed by atoms with van der Waals surface area (Å²) in [5.41, 5.74) is 2.70. The number of benzene rings is 1. The van der Waals surface area contributed by atoms with E-state index in [0.717, 1.165) is 30.5 Å². The van der Waals surface area contributed by atoms with Gasteiger partial charge in [-0.2, -0.15) is 5.10 Å². The highest BCUT2D eigenvalue weighted by Crippen LogP contribution is 2.28. The third-order valence-corrected chi connectivity index (χ3v) is 4.44. The highest BCUT2D eigenvalue weighted by molar-refractivity contribution is 5.96. The van der Waals surface area contributed by atoms with E-state index in [0.29, 0.717) is 5.69 Å². The summed E-state index contributed by atoms with van der Waals surface area (Å²) in [6.07, 6.45) is 2.40. The molecule has 1 atom stereocenters. The van der Waals surface area contributed by atoms with Gasteiger partial charge in [0.25, 0.3) is 5.91 Å². The number of amides is 1. The van der Waals surface area contributed by atoms with Crippen LogP contribution in [0, 0.1) is 11.7 Å². The van der Waals surface area contributed by atoms with E-state index in [9.17, 15) is 19.1 Å². The number of aliphatic carboxylic acids is 1. The summed E-state index contributed by atoms with van der Waals surface area (Å²) in [6.45, 7) is 3.47. The summed E-state index contributed by atoms with van der Waals surface area (Å²) in [5.74, 6) is -2.14. The van der Waals surface area contributed by atoms with Gasteiger partial charge in [0.2, 0.25) is 0 Å². The van der Waals surface area contributed by atoms with Crippen LogP contribution in [0.1, 0.15) is 42.0 Å². The zero-order valence-electron chi connectivity index (χ0n) is 14.1. The standard InChI is InChI=1S/C18H20FN3O3/c1-10(2)15(18(24)25)20-17(23)16-13-4-3-5-14(13)22(21-16)12-8-6-11(19)7-9-12/h6-10,15H,3-5H2,1-2H3,(H,20,23)(H,24,25)/t15-/m0/s1. The summed E-state index contributed by atoms with van der Waals surface area (Å²) in [4.78, 5) is 23.9. The van der Waals surface area contributed by atoms with Gasteiger partial charge in [0.1, 0.15) is 11.9 Å². The number of hydrogen-bond donors (Lipinski definition) is 2. The number of aromatic nitrogens is 2. The van der Waals surface area contributed by atoms with Crippen LogP contribution in [0.25, 0.3) is 5.69 Å². The molecule has 3 rings (SSSR count). The van der Waals surface area contributed by atoms with E-state index in [1.165, 1.54) is 12.1 Å². The minimum Gasteiger partial charge on any atom is -0.480 e. The minimum atomic E-state index is -1.07. The zero-order valence-corrected chi connectivity index (χ0v) is 14.1. The summed E-state index contributed by atoms with van der Waals surface area (Å²) in [7, 11) is 0. The molecular weight excluding hydrogens is 325 g/mol. The average Bonchev–Trinajstić information content (AvgIpc) is 3.15. The van der Waals surface area contributed by atoms with Crippen molar-refractivity contribution in [1.29, 1.82) is 0 Å². The van der Waals surface area contributed by atoms with Crippen LogP contribution in [0.3, 0.4) is 0 Å². The first kappa shape index (κ1) is 17.1. The first-order valence-corrected chi connectivity index (χ1v) is 8.29. The Hall–Kier alpha value is -2.70. The molecule has 1 amide bonds. The third kappa shape index (κ3) is 3.26. The largest absolute Gasteiger partial charge is 0.480 e. The highest BCUT2D eigenvalue weighted by atomic mass is 19.1. The number of hydrogen-bond acceptors (Lipinski definition) is 3. The SMILES string of the molecule is CC(C)[C@H](NC(=O)c1nn(-c2ccc(F)cc2)c2c1CCC2)C(=O)O. The number of nitrogens with zero attached hydrogens (tertiary/aromatic N) is 2. The molecule has 1 aliphatic carbocycles. The van der Waals surface area contributed by atoms with Crippen LogP contribution in [0.5, 0.6) is 0 Å². The number of fused-ring (bicyclic) bond motifs is 1. The Kier molecular flexibility index (Phi) is 4.57. The maximum absolute atomic E-state index is 13.2. The maximum Gasteiger partial charge on any atom is 0.326 e.